The predicted octanol–water partition coefficient (Wildman–Crippen LogP) is 3.42. The van der Waals surface area contributed by atoms with E-state index in [1.165, 1.54) is 11.1 Å². The smallest absolute Gasteiger partial charge is 0.0976 e. The summed E-state index contributed by atoms with van der Waals surface area (Å²) in [6.45, 7) is 5.57. The minimum Gasteiger partial charge on any atom is -0.379 e. The summed E-state index contributed by atoms with van der Waals surface area (Å²) in [7, 11) is 0. The Kier molecular flexibility index (Phi) is 4.90. The molecule has 0 bridgehead atoms. The third-order valence-electron chi connectivity index (χ3n) is 3.90. The number of hydrogen-bond donors (Lipinski definition) is 0. The fraction of sp³-hybridized carbons (Fsp3) is 0.300. The molecule has 0 aliphatic carbocycles. The first-order chi connectivity index (χ1) is 10.8. The first kappa shape index (κ1) is 14.8. The van der Waals surface area contributed by atoms with Crippen molar-refractivity contribution in [2.75, 3.05) is 26.3 Å². The first-order valence-electron chi connectivity index (χ1n) is 7.78. The average Bonchev–Trinajstić information content (AvgIpc) is 2.57. The van der Waals surface area contributed by atoms with Crippen LogP contribution in [-0.4, -0.2) is 31.2 Å². The van der Waals surface area contributed by atoms with Gasteiger partial charge < -0.3 is 4.74 Å². The number of morpholine rings is 1. The van der Waals surface area contributed by atoms with Gasteiger partial charge in [-0.15, -0.1) is 0 Å². The summed E-state index contributed by atoms with van der Waals surface area (Å²) in [5.41, 5.74) is 3.61. The van der Waals surface area contributed by atoms with E-state index in [1.54, 1.807) is 0 Å². The van der Waals surface area contributed by atoms with Crippen molar-refractivity contribution in [3.8, 4) is 11.8 Å². The Balaban J connectivity index is 1.91. The second-order valence-electron chi connectivity index (χ2n) is 5.60. The van der Waals surface area contributed by atoms with Crippen molar-refractivity contribution in [2.24, 2.45) is 0 Å². The van der Waals surface area contributed by atoms with Gasteiger partial charge >= 0.3 is 0 Å². The van der Waals surface area contributed by atoms with E-state index in [4.69, 9.17) is 4.74 Å². The van der Waals surface area contributed by atoms with Crippen LogP contribution >= 0.6 is 0 Å². The average molecular weight is 291 g/mol. The zero-order valence-electron chi connectivity index (χ0n) is 13.0. The Hall–Kier alpha value is -2.08. The minimum absolute atomic E-state index is 0.129. The lowest BCUT2D eigenvalue weighted by atomic mass is 10.0. The van der Waals surface area contributed by atoms with Gasteiger partial charge in [-0.1, -0.05) is 59.9 Å². The van der Waals surface area contributed by atoms with Crippen LogP contribution in [0.4, 0.5) is 0 Å². The van der Waals surface area contributed by atoms with Crippen molar-refractivity contribution in [2.45, 2.75) is 13.0 Å². The molecule has 1 aliphatic heterocycles. The van der Waals surface area contributed by atoms with E-state index in [2.05, 4.69) is 60.1 Å². The van der Waals surface area contributed by atoms with E-state index >= 15 is 0 Å². The Morgan fingerprint density at radius 2 is 1.77 bits per heavy atom. The van der Waals surface area contributed by atoms with Gasteiger partial charge in [0.25, 0.3) is 0 Å². The van der Waals surface area contributed by atoms with Gasteiger partial charge in [0.2, 0.25) is 0 Å². The topological polar surface area (TPSA) is 12.5 Å². The molecule has 2 heteroatoms. The van der Waals surface area contributed by atoms with Crippen molar-refractivity contribution in [3.05, 3.63) is 71.3 Å². The van der Waals surface area contributed by atoms with Gasteiger partial charge in [0.1, 0.15) is 0 Å². The molecule has 0 amide bonds. The molecular weight excluding hydrogens is 270 g/mol. The highest BCUT2D eigenvalue weighted by Crippen LogP contribution is 2.22. The molecule has 2 aromatic rings. The largest absolute Gasteiger partial charge is 0.379 e. The summed E-state index contributed by atoms with van der Waals surface area (Å²) in [5.74, 6) is 6.80. The minimum atomic E-state index is 0.129. The quantitative estimate of drug-likeness (QED) is 0.786. The number of aryl methyl sites for hydroxylation is 1. The van der Waals surface area contributed by atoms with Crippen LogP contribution in [0.15, 0.2) is 54.6 Å². The lowest BCUT2D eigenvalue weighted by molar-refractivity contribution is 0.0270. The summed E-state index contributed by atoms with van der Waals surface area (Å²) in [4.78, 5) is 2.41. The van der Waals surface area contributed by atoms with E-state index in [9.17, 15) is 0 Å². The Labute approximate surface area is 132 Å². The molecule has 22 heavy (non-hydrogen) atoms. The van der Waals surface area contributed by atoms with Crippen molar-refractivity contribution < 1.29 is 4.74 Å². The maximum absolute atomic E-state index is 5.48. The van der Waals surface area contributed by atoms with Gasteiger partial charge in [-0.05, 0) is 24.6 Å². The third-order valence-corrected chi connectivity index (χ3v) is 3.90. The van der Waals surface area contributed by atoms with E-state index in [-0.39, 0.29) is 6.04 Å². The molecule has 1 aliphatic rings. The summed E-state index contributed by atoms with van der Waals surface area (Å²) < 4.78 is 5.48. The molecule has 0 saturated carbocycles. The molecule has 3 rings (SSSR count). The van der Waals surface area contributed by atoms with E-state index in [0.717, 1.165) is 31.9 Å². The number of benzene rings is 2. The molecule has 2 aromatic carbocycles. The molecule has 0 aromatic heterocycles. The van der Waals surface area contributed by atoms with E-state index in [0.29, 0.717) is 0 Å². The summed E-state index contributed by atoms with van der Waals surface area (Å²) in [6.07, 6.45) is 0. The second kappa shape index (κ2) is 7.26. The van der Waals surface area contributed by atoms with Crippen molar-refractivity contribution in [1.82, 2.24) is 4.90 Å². The SMILES string of the molecule is Cc1cccc(C(C#Cc2ccccc2)N2CCOCC2)c1. The molecule has 1 saturated heterocycles. The van der Waals surface area contributed by atoms with Crippen LogP contribution in [0, 0.1) is 18.8 Å². The fourth-order valence-corrected chi connectivity index (χ4v) is 2.73. The van der Waals surface area contributed by atoms with Crippen LogP contribution in [0.5, 0.6) is 0 Å². The van der Waals surface area contributed by atoms with Gasteiger partial charge in [-0.3, -0.25) is 4.90 Å². The van der Waals surface area contributed by atoms with Crippen LogP contribution in [0.25, 0.3) is 0 Å². The van der Waals surface area contributed by atoms with Crippen molar-refractivity contribution in [1.29, 1.82) is 0 Å². The Bertz CT molecular complexity index is 663. The molecule has 0 radical (unpaired) electrons. The maximum Gasteiger partial charge on any atom is 0.0976 e. The van der Waals surface area contributed by atoms with Crippen molar-refractivity contribution >= 4 is 0 Å². The molecular formula is C20H21NO. The Morgan fingerprint density at radius 3 is 2.50 bits per heavy atom. The zero-order chi connectivity index (χ0) is 15.2. The highest BCUT2D eigenvalue weighted by Gasteiger charge is 2.20. The number of ether oxygens (including phenoxy) is 1. The van der Waals surface area contributed by atoms with Gasteiger partial charge in [0.15, 0.2) is 0 Å². The number of rotatable bonds is 2. The standard InChI is InChI=1S/C20H21NO/c1-17-6-5-9-19(16-17)20(21-12-14-22-15-13-21)11-10-18-7-3-2-4-8-18/h2-9,16,20H,12-15H2,1H3. The second-order valence-corrected chi connectivity index (χ2v) is 5.60. The highest BCUT2D eigenvalue weighted by molar-refractivity contribution is 5.38. The van der Waals surface area contributed by atoms with Gasteiger partial charge in [-0.2, -0.15) is 0 Å². The molecule has 2 nitrogen and oxygen atoms in total. The van der Waals surface area contributed by atoms with Crippen LogP contribution in [-0.2, 0) is 4.74 Å². The van der Waals surface area contributed by atoms with Crippen LogP contribution in [0.1, 0.15) is 22.7 Å². The molecule has 1 atom stereocenters. The number of hydrogen-bond acceptors (Lipinski definition) is 2. The lowest BCUT2D eigenvalue weighted by Gasteiger charge is -2.32. The maximum atomic E-state index is 5.48. The summed E-state index contributed by atoms with van der Waals surface area (Å²) >= 11 is 0. The number of nitrogens with zero attached hydrogens (tertiary/aromatic N) is 1. The third kappa shape index (κ3) is 3.76. The van der Waals surface area contributed by atoms with Gasteiger partial charge in [0, 0.05) is 18.7 Å². The highest BCUT2D eigenvalue weighted by atomic mass is 16.5. The summed E-state index contributed by atoms with van der Waals surface area (Å²) in [5, 5.41) is 0. The lowest BCUT2D eigenvalue weighted by Crippen LogP contribution is -2.38. The zero-order valence-corrected chi connectivity index (χ0v) is 13.0. The predicted molar refractivity (Wildman–Crippen MR) is 89.6 cm³/mol. The van der Waals surface area contributed by atoms with Gasteiger partial charge in [0.05, 0.1) is 19.3 Å². The van der Waals surface area contributed by atoms with E-state index < -0.39 is 0 Å². The van der Waals surface area contributed by atoms with Crippen LogP contribution in [0.3, 0.4) is 0 Å². The summed E-state index contributed by atoms with van der Waals surface area (Å²) in [6, 6.07) is 19.0. The molecule has 0 spiro atoms. The molecule has 0 N–H and O–H groups in total. The van der Waals surface area contributed by atoms with Crippen molar-refractivity contribution in [3.63, 3.8) is 0 Å². The van der Waals surface area contributed by atoms with Crippen LogP contribution in [0.2, 0.25) is 0 Å². The van der Waals surface area contributed by atoms with E-state index in [1.807, 2.05) is 18.2 Å². The first-order valence-corrected chi connectivity index (χ1v) is 7.78. The van der Waals surface area contributed by atoms with Crippen LogP contribution < -0.4 is 0 Å². The molecule has 1 fully saturated rings. The molecule has 1 unspecified atom stereocenters. The van der Waals surface area contributed by atoms with Gasteiger partial charge in [-0.25, -0.2) is 0 Å². The monoisotopic (exact) mass is 291 g/mol. The Morgan fingerprint density at radius 1 is 1.00 bits per heavy atom. The molecule has 1 heterocycles. The molecule has 112 valence electrons. The fourth-order valence-electron chi connectivity index (χ4n) is 2.73. The normalized spacial score (nSPS) is 16.6.